The molecule has 0 radical (unpaired) electrons. The van der Waals surface area contributed by atoms with Gasteiger partial charge in [0, 0.05) is 11.0 Å². The molecule has 136 valence electrons. The molecule has 3 N–H and O–H groups in total. The zero-order valence-electron chi connectivity index (χ0n) is 14.0. The summed E-state index contributed by atoms with van der Waals surface area (Å²) < 4.78 is 26.2. The second-order valence-corrected chi connectivity index (χ2v) is 7.01. The number of carbonyl (C=O) groups excluding carboxylic acids is 2. The van der Waals surface area contributed by atoms with Gasteiger partial charge < -0.3 is 0 Å². The van der Waals surface area contributed by atoms with E-state index in [0.29, 0.717) is 11.1 Å². The van der Waals surface area contributed by atoms with E-state index in [-0.39, 0.29) is 0 Å². The van der Waals surface area contributed by atoms with Crippen LogP contribution in [-0.2, 0) is 14.8 Å². The summed E-state index contributed by atoms with van der Waals surface area (Å²) >= 11 is 0. The van der Waals surface area contributed by atoms with Gasteiger partial charge in [0.15, 0.2) is 0 Å². The van der Waals surface area contributed by atoms with E-state index >= 15 is 0 Å². The lowest BCUT2D eigenvalue weighted by Crippen LogP contribution is -2.50. The molecule has 7 nitrogen and oxygen atoms in total. The maximum absolute atomic E-state index is 12.0. The van der Waals surface area contributed by atoms with Gasteiger partial charge in [-0.15, -0.1) is 0 Å². The monoisotopic (exact) mass is 373 g/mol. The molecule has 2 aromatic carbocycles. The third-order valence-corrected chi connectivity index (χ3v) is 4.49. The highest BCUT2D eigenvalue weighted by molar-refractivity contribution is 7.92. The molecule has 8 heteroatoms. The third-order valence-electron chi connectivity index (χ3n) is 3.31. The Balaban J connectivity index is 1.87. The lowest BCUT2D eigenvalue weighted by Gasteiger charge is -2.13. The second kappa shape index (κ2) is 8.93. The number of rotatable bonds is 6. The first-order chi connectivity index (χ1) is 12.4. The average molecular weight is 373 g/mol. The summed E-state index contributed by atoms with van der Waals surface area (Å²) in [7, 11) is -3.82. The molecular weight excluding hydrogens is 354 g/mol. The van der Waals surface area contributed by atoms with E-state index in [4.69, 9.17) is 0 Å². The van der Waals surface area contributed by atoms with Gasteiger partial charge in [-0.2, -0.15) is 4.72 Å². The van der Waals surface area contributed by atoms with Crippen LogP contribution in [0.15, 0.2) is 66.1 Å². The molecule has 0 fully saturated rings. The van der Waals surface area contributed by atoms with Crippen LogP contribution < -0.4 is 15.6 Å². The van der Waals surface area contributed by atoms with Crippen LogP contribution in [0.3, 0.4) is 0 Å². The van der Waals surface area contributed by atoms with Crippen molar-refractivity contribution in [1.29, 1.82) is 0 Å². The minimum Gasteiger partial charge on any atom is -0.271 e. The van der Waals surface area contributed by atoms with Gasteiger partial charge in [-0.1, -0.05) is 48.5 Å². The minimum atomic E-state index is -3.82. The molecular formula is C18H19N3O4S. The first-order valence-electron chi connectivity index (χ1n) is 7.78. The Morgan fingerprint density at radius 3 is 2.12 bits per heavy atom. The molecule has 2 aromatic rings. The fraction of sp³-hybridized carbons (Fsp3) is 0.111. The van der Waals surface area contributed by atoms with Crippen molar-refractivity contribution in [2.24, 2.45) is 0 Å². The summed E-state index contributed by atoms with van der Waals surface area (Å²) in [6.45, 7) is 1.37. The summed E-state index contributed by atoms with van der Waals surface area (Å²) in [4.78, 5) is 23.8. The standard InChI is InChI=1S/C18H19N3O4S/c1-14(17(22)19-20-18(23)16-10-6-3-7-11-16)21-26(24,25)13-12-15-8-4-2-5-9-15/h2-14,21H,1H3,(H,19,22)(H,20,23)/b13-12+. The molecule has 1 unspecified atom stereocenters. The molecule has 0 saturated heterocycles. The third kappa shape index (κ3) is 6.15. The van der Waals surface area contributed by atoms with E-state index in [9.17, 15) is 18.0 Å². The van der Waals surface area contributed by atoms with Crippen LogP contribution in [0.25, 0.3) is 6.08 Å². The first-order valence-corrected chi connectivity index (χ1v) is 9.33. The number of amides is 2. The van der Waals surface area contributed by atoms with Crippen LogP contribution in [0.5, 0.6) is 0 Å². The largest absolute Gasteiger partial charge is 0.271 e. The topological polar surface area (TPSA) is 104 Å². The van der Waals surface area contributed by atoms with Gasteiger partial charge in [0.2, 0.25) is 10.0 Å². The number of hydrazine groups is 1. The molecule has 0 aliphatic carbocycles. The summed E-state index contributed by atoms with van der Waals surface area (Å²) in [6.07, 6.45) is 1.42. The zero-order chi connectivity index (χ0) is 19.0. The number of hydrogen-bond donors (Lipinski definition) is 3. The van der Waals surface area contributed by atoms with E-state index in [1.807, 2.05) is 6.07 Å². The Morgan fingerprint density at radius 2 is 1.50 bits per heavy atom. The molecule has 0 aliphatic heterocycles. The van der Waals surface area contributed by atoms with Gasteiger partial charge in [-0.05, 0) is 30.7 Å². The summed E-state index contributed by atoms with van der Waals surface area (Å²) in [5, 5.41) is 0.981. The van der Waals surface area contributed by atoms with Gasteiger partial charge in [0.1, 0.15) is 0 Å². The normalized spacial score (nSPS) is 12.5. The Kier molecular flexibility index (Phi) is 6.65. The first kappa shape index (κ1) is 19.4. The van der Waals surface area contributed by atoms with Gasteiger partial charge >= 0.3 is 0 Å². The summed E-state index contributed by atoms with van der Waals surface area (Å²) in [6, 6.07) is 16.1. The Hall–Kier alpha value is -2.97. The fourth-order valence-electron chi connectivity index (χ4n) is 1.96. The summed E-state index contributed by atoms with van der Waals surface area (Å²) in [5.74, 6) is -1.19. The van der Waals surface area contributed by atoms with Crippen molar-refractivity contribution in [3.8, 4) is 0 Å². The average Bonchev–Trinajstić information content (AvgIpc) is 2.65. The number of hydrogen-bond acceptors (Lipinski definition) is 4. The van der Waals surface area contributed by atoms with Crippen molar-refractivity contribution in [3.63, 3.8) is 0 Å². The van der Waals surface area contributed by atoms with Crippen LogP contribution in [0.1, 0.15) is 22.8 Å². The van der Waals surface area contributed by atoms with E-state index < -0.39 is 27.9 Å². The van der Waals surface area contributed by atoms with Crippen molar-refractivity contribution in [1.82, 2.24) is 15.6 Å². The van der Waals surface area contributed by atoms with Crippen LogP contribution in [0.4, 0.5) is 0 Å². The van der Waals surface area contributed by atoms with Crippen molar-refractivity contribution in [2.45, 2.75) is 13.0 Å². The molecule has 0 saturated carbocycles. The molecule has 0 spiro atoms. The molecule has 2 amide bonds. The maximum Gasteiger partial charge on any atom is 0.269 e. The number of carbonyl (C=O) groups is 2. The van der Waals surface area contributed by atoms with Crippen molar-refractivity contribution in [2.75, 3.05) is 0 Å². The van der Waals surface area contributed by atoms with Gasteiger partial charge in [0.25, 0.3) is 11.8 Å². The van der Waals surface area contributed by atoms with Gasteiger partial charge in [-0.25, -0.2) is 8.42 Å². The maximum atomic E-state index is 12.0. The van der Waals surface area contributed by atoms with E-state index in [1.54, 1.807) is 54.6 Å². The highest BCUT2D eigenvalue weighted by atomic mass is 32.2. The predicted octanol–water partition coefficient (Wildman–Crippen LogP) is 1.43. The van der Waals surface area contributed by atoms with E-state index in [1.165, 1.54) is 13.0 Å². The smallest absolute Gasteiger partial charge is 0.269 e. The lowest BCUT2D eigenvalue weighted by atomic mass is 10.2. The predicted molar refractivity (Wildman–Crippen MR) is 99.0 cm³/mol. The molecule has 0 heterocycles. The van der Waals surface area contributed by atoms with Crippen molar-refractivity contribution >= 4 is 27.9 Å². The van der Waals surface area contributed by atoms with E-state index in [0.717, 1.165) is 5.41 Å². The highest BCUT2D eigenvalue weighted by Crippen LogP contribution is 2.03. The Morgan fingerprint density at radius 1 is 0.923 bits per heavy atom. The van der Waals surface area contributed by atoms with Crippen LogP contribution in [0.2, 0.25) is 0 Å². The molecule has 2 rings (SSSR count). The number of nitrogens with one attached hydrogen (secondary N) is 3. The Bertz CT molecular complexity index is 881. The number of sulfonamides is 1. The second-order valence-electron chi connectivity index (χ2n) is 5.41. The minimum absolute atomic E-state index is 0.367. The molecule has 0 aromatic heterocycles. The highest BCUT2D eigenvalue weighted by Gasteiger charge is 2.19. The summed E-state index contributed by atoms with van der Waals surface area (Å²) in [5.41, 5.74) is 5.50. The quantitative estimate of drug-likeness (QED) is 0.666. The van der Waals surface area contributed by atoms with Crippen LogP contribution in [-0.4, -0.2) is 26.3 Å². The molecule has 26 heavy (non-hydrogen) atoms. The van der Waals surface area contributed by atoms with Gasteiger partial charge in [-0.3, -0.25) is 20.4 Å². The fourth-order valence-corrected chi connectivity index (χ4v) is 2.97. The lowest BCUT2D eigenvalue weighted by molar-refractivity contribution is -0.123. The van der Waals surface area contributed by atoms with E-state index in [2.05, 4.69) is 15.6 Å². The van der Waals surface area contributed by atoms with Gasteiger partial charge in [0.05, 0.1) is 6.04 Å². The molecule has 0 aliphatic rings. The number of benzene rings is 2. The van der Waals surface area contributed by atoms with Crippen molar-refractivity contribution in [3.05, 3.63) is 77.2 Å². The van der Waals surface area contributed by atoms with Crippen LogP contribution in [0, 0.1) is 0 Å². The Labute approximate surface area is 152 Å². The van der Waals surface area contributed by atoms with Crippen LogP contribution >= 0.6 is 0 Å². The molecule has 1 atom stereocenters. The zero-order valence-corrected chi connectivity index (χ0v) is 14.9. The SMILES string of the molecule is CC(NS(=O)(=O)/C=C/c1ccccc1)C(=O)NNC(=O)c1ccccc1. The van der Waals surface area contributed by atoms with Crippen molar-refractivity contribution < 1.29 is 18.0 Å². The molecule has 0 bridgehead atoms.